The van der Waals surface area contributed by atoms with E-state index in [-0.39, 0.29) is 0 Å². The molecule has 2 saturated heterocycles. The molecule has 1 aromatic carbocycles. The summed E-state index contributed by atoms with van der Waals surface area (Å²) in [6, 6.07) is 8.97. The molecule has 1 unspecified atom stereocenters. The molecule has 0 aliphatic carbocycles. The molecule has 0 spiro atoms. The summed E-state index contributed by atoms with van der Waals surface area (Å²) in [7, 11) is 6.29. The summed E-state index contributed by atoms with van der Waals surface area (Å²) >= 11 is 0. The molecule has 4 rings (SSSR count). The monoisotopic (exact) mass is 355 g/mol. The van der Waals surface area contributed by atoms with E-state index in [0.717, 1.165) is 42.7 Å². The van der Waals surface area contributed by atoms with Crippen LogP contribution in [0.3, 0.4) is 0 Å². The van der Waals surface area contributed by atoms with Crippen molar-refractivity contribution in [3.8, 4) is 11.5 Å². The van der Waals surface area contributed by atoms with Gasteiger partial charge in [-0.3, -0.25) is 4.90 Å². The lowest BCUT2D eigenvalue weighted by Gasteiger charge is -2.35. The Labute approximate surface area is 155 Å². The van der Waals surface area contributed by atoms with Crippen molar-refractivity contribution in [3.63, 3.8) is 0 Å². The molecule has 0 amide bonds. The Kier molecular flexibility index (Phi) is 4.96. The molecule has 3 heterocycles. The van der Waals surface area contributed by atoms with Crippen molar-refractivity contribution in [3.05, 3.63) is 30.2 Å². The number of aromatic nitrogens is 2. The number of hydrogen-bond donors (Lipinski definition) is 0. The lowest BCUT2D eigenvalue weighted by Crippen LogP contribution is -2.42. The highest BCUT2D eigenvalue weighted by atomic mass is 16.4. The van der Waals surface area contributed by atoms with Crippen molar-refractivity contribution < 1.29 is 4.42 Å². The van der Waals surface area contributed by atoms with Crippen LogP contribution in [-0.2, 0) is 0 Å². The maximum absolute atomic E-state index is 6.04. The molecule has 26 heavy (non-hydrogen) atoms. The van der Waals surface area contributed by atoms with Crippen molar-refractivity contribution in [1.29, 1.82) is 0 Å². The summed E-state index contributed by atoms with van der Waals surface area (Å²) in [5.41, 5.74) is 2.15. The van der Waals surface area contributed by atoms with Crippen LogP contribution >= 0.6 is 0 Å². The van der Waals surface area contributed by atoms with E-state index in [9.17, 15) is 0 Å². The summed E-state index contributed by atoms with van der Waals surface area (Å²) < 4.78 is 6.04. The van der Waals surface area contributed by atoms with E-state index >= 15 is 0 Å². The van der Waals surface area contributed by atoms with E-state index in [1.807, 2.05) is 26.2 Å². The molecule has 0 bridgehead atoms. The predicted molar refractivity (Wildman–Crippen MR) is 104 cm³/mol. The molecule has 0 saturated carbocycles. The number of nitrogens with zero attached hydrogens (tertiary/aromatic N) is 5. The minimum atomic E-state index is 0.372. The van der Waals surface area contributed by atoms with Crippen molar-refractivity contribution in [1.82, 2.24) is 20.0 Å². The zero-order valence-electron chi connectivity index (χ0n) is 16.1. The topological polar surface area (TPSA) is 48.6 Å². The molecule has 140 valence electrons. The van der Waals surface area contributed by atoms with E-state index in [4.69, 9.17) is 4.42 Å². The Hall–Kier alpha value is -1.92. The van der Waals surface area contributed by atoms with Gasteiger partial charge in [0.05, 0.1) is 5.92 Å². The first-order chi connectivity index (χ1) is 12.6. The van der Waals surface area contributed by atoms with E-state index in [1.54, 1.807) is 0 Å². The van der Waals surface area contributed by atoms with E-state index < -0.39 is 0 Å². The molecule has 2 aliphatic heterocycles. The number of likely N-dealkylation sites (tertiary alicyclic amines) is 2. The maximum Gasteiger partial charge on any atom is 0.247 e. The molecular weight excluding hydrogens is 326 g/mol. The third-order valence-corrected chi connectivity index (χ3v) is 5.84. The third kappa shape index (κ3) is 3.62. The van der Waals surface area contributed by atoms with Gasteiger partial charge in [0.15, 0.2) is 0 Å². The van der Waals surface area contributed by atoms with Gasteiger partial charge in [-0.15, -0.1) is 10.2 Å². The average molecular weight is 355 g/mol. The normalized spacial score (nSPS) is 22.8. The van der Waals surface area contributed by atoms with Gasteiger partial charge >= 0.3 is 0 Å². The van der Waals surface area contributed by atoms with Gasteiger partial charge in [0, 0.05) is 37.9 Å². The van der Waals surface area contributed by atoms with Crippen LogP contribution in [0.4, 0.5) is 5.69 Å². The first kappa shape index (κ1) is 17.5. The van der Waals surface area contributed by atoms with Crippen molar-refractivity contribution in [2.24, 2.45) is 0 Å². The highest BCUT2D eigenvalue weighted by Gasteiger charge is 2.33. The molecular formula is C20H29N5O. The SMILES string of the molecule is CN1CCC(N2CCC(c3nnc(-c4ccc(N(C)C)cc4)o3)C2)CC1. The van der Waals surface area contributed by atoms with Crippen LogP contribution in [0, 0.1) is 0 Å². The Morgan fingerprint density at radius 1 is 1.00 bits per heavy atom. The highest BCUT2D eigenvalue weighted by Crippen LogP contribution is 2.31. The van der Waals surface area contributed by atoms with E-state index in [0.29, 0.717) is 11.8 Å². The first-order valence-electron chi connectivity index (χ1n) is 9.64. The number of piperidine rings is 1. The van der Waals surface area contributed by atoms with Gasteiger partial charge in [0.1, 0.15) is 0 Å². The summed E-state index contributed by atoms with van der Waals surface area (Å²) in [6.07, 6.45) is 3.67. The number of anilines is 1. The van der Waals surface area contributed by atoms with Crippen LogP contribution in [0.5, 0.6) is 0 Å². The Bertz CT molecular complexity index is 718. The van der Waals surface area contributed by atoms with Gasteiger partial charge in [-0.1, -0.05) is 0 Å². The second-order valence-electron chi connectivity index (χ2n) is 7.90. The summed E-state index contributed by atoms with van der Waals surface area (Å²) in [5, 5.41) is 8.66. The molecule has 6 heteroatoms. The summed E-state index contributed by atoms with van der Waals surface area (Å²) in [4.78, 5) is 7.14. The smallest absolute Gasteiger partial charge is 0.247 e. The molecule has 0 radical (unpaired) electrons. The Morgan fingerprint density at radius 3 is 2.42 bits per heavy atom. The van der Waals surface area contributed by atoms with Crippen LogP contribution in [0.1, 0.15) is 31.1 Å². The second-order valence-corrected chi connectivity index (χ2v) is 7.90. The lowest BCUT2D eigenvalue weighted by atomic mass is 10.0. The Morgan fingerprint density at radius 2 is 1.73 bits per heavy atom. The molecule has 6 nitrogen and oxygen atoms in total. The zero-order valence-corrected chi connectivity index (χ0v) is 16.1. The molecule has 1 atom stereocenters. The zero-order chi connectivity index (χ0) is 18.1. The van der Waals surface area contributed by atoms with Crippen molar-refractivity contribution in [2.45, 2.75) is 31.2 Å². The fraction of sp³-hybridized carbons (Fsp3) is 0.600. The Balaban J connectivity index is 1.40. The minimum Gasteiger partial charge on any atom is -0.420 e. The van der Waals surface area contributed by atoms with Gasteiger partial charge in [-0.25, -0.2) is 0 Å². The van der Waals surface area contributed by atoms with Gasteiger partial charge < -0.3 is 14.2 Å². The average Bonchev–Trinajstić information content (AvgIpc) is 3.32. The summed E-state index contributed by atoms with van der Waals surface area (Å²) in [5.74, 6) is 1.80. The highest BCUT2D eigenvalue weighted by molar-refractivity contribution is 5.58. The minimum absolute atomic E-state index is 0.372. The van der Waals surface area contributed by atoms with Crippen LogP contribution in [0.2, 0.25) is 0 Å². The van der Waals surface area contributed by atoms with Crippen molar-refractivity contribution in [2.75, 3.05) is 52.2 Å². The molecule has 2 aromatic rings. The van der Waals surface area contributed by atoms with E-state index in [1.165, 1.54) is 25.9 Å². The fourth-order valence-electron chi connectivity index (χ4n) is 4.10. The molecule has 1 aromatic heterocycles. The molecule has 2 fully saturated rings. The van der Waals surface area contributed by atoms with Gasteiger partial charge in [-0.05, 0) is 70.2 Å². The molecule has 0 N–H and O–H groups in total. The first-order valence-corrected chi connectivity index (χ1v) is 9.64. The second kappa shape index (κ2) is 7.37. The quantitative estimate of drug-likeness (QED) is 0.840. The number of benzene rings is 1. The lowest BCUT2D eigenvalue weighted by molar-refractivity contribution is 0.141. The van der Waals surface area contributed by atoms with Crippen LogP contribution in [-0.4, -0.2) is 73.4 Å². The van der Waals surface area contributed by atoms with Gasteiger partial charge in [0.2, 0.25) is 11.8 Å². The molecule has 2 aliphatic rings. The number of hydrogen-bond acceptors (Lipinski definition) is 6. The largest absolute Gasteiger partial charge is 0.420 e. The van der Waals surface area contributed by atoms with Crippen LogP contribution in [0.25, 0.3) is 11.5 Å². The van der Waals surface area contributed by atoms with Crippen molar-refractivity contribution >= 4 is 5.69 Å². The fourth-order valence-corrected chi connectivity index (χ4v) is 4.10. The summed E-state index contributed by atoms with van der Waals surface area (Å²) in [6.45, 7) is 4.61. The predicted octanol–water partition coefficient (Wildman–Crippen LogP) is 2.69. The van der Waals surface area contributed by atoms with Crippen LogP contribution < -0.4 is 4.90 Å². The van der Waals surface area contributed by atoms with Gasteiger partial charge in [-0.2, -0.15) is 0 Å². The number of rotatable bonds is 4. The van der Waals surface area contributed by atoms with E-state index in [2.05, 4.69) is 44.1 Å². The standard InChI is InChI=1S/C20H29N5O/c1-23(2)17-6-4-15(5-7-17)19-21-22-20(26-19)16-8-13-25(14-16)18-9-11-24(3)12-10-18/h4-7,16,18H,8-14H2,1-3H3. The maximum atomic E-state index is 6.04. The third-order valence-electron chi connectivity index (χ3n) is 5.84. The van der Waals surface area contributed by atoms with Gasteiger partial charge in [0.25, 0.3) is 0 Å². The van der Waals surface area contributed by atoms with Crippen LogP contribution in [0.15, 0.2) is 28.7 Å².